The van der Waals surface area contributed by atoms with E-state index in [0.29, 0.717) is 5.92 Å². The molecule has 0 saturated carbocycles. The van der Waals surface area contributed by atoms with Gasteiger partial charge in [0.15, 0.2) is 0 Å². The minimum Gasteiger partial charge on any atom is -0.331 e. The molecule has 0 aromatic carbocycles. The molecule has 1 aromatic rings. The van der Waals surface area contributed by atoms with Gasteiger partial charge in [-0.1, -0.05) is 0 Å². The smallest absolute Gasteiger partial charge is 0.317 e. The van der Waals surface area contributed by atoms with Gasteiger partial charge in [-0.15, -0.1) is 11.3 Å². The second-order valence-electron chi connectivity index (χ2n) is 5.92. The van der Waals surface area contributed by atoms with Crippen LogP contribution in [0.3, 0.4) is 0 Å². The minimum absolute atomic E-state index is 0.0260. The number of carbonyl (C=O) groups excluding carboxylic acids is 1. The van der Waals surface area contributed by atoms with Crippen molar-refractivity contribution in [3.8, 4) is 0 Å². The van der Waals surface area contributed by atoms with E-state index >= 15 is 0 Å². The summed E-state index contributed by atoms with van der Waals surface area (Å²) < 4.78 is 0. The lowest BCUT2D eigenvalue weighted by Gasteiger charge is -2.23. The summed E-state index contributed by atoms with van der Waals surface area (Å²) in [5.74, 6) is 0.607. The van der Waals surface area contributed by atoms with Crippen molar-refractivity contribution >= 4 is 17.4 Å². The maximum Gasteiger partial charge on any atom is 0.317 e. The van der Waals surface area contributed by atoms with E-state index in [1.807, 2.05) is 18.9 Å². The Morgan fingerprint density at radius 3 is 2.90 bits per heavy atom. The fraction of sp³-hybridized carbons (Fsp3) is 0.667. The molecular formula is C15H25N3OS. The van der Waals surface area contributed by atoms with Crippen LogP contribution in [0.1, 0.15) is 29.1 Å². The summed E-state index contributed by atoms with van der Waals surface area (Å²) in [5, 5.41) is 3.08. The van der Waals surface area contributed by atoms with E-state index in [2.05, 4.69) is 36.3 Å². The molecule has 112 valence electrons. The van der Waals surface area contributed by atoms with Gasteiger partial charge in [-0.3, -0.25) is 0 Å². The first-order valence-electron chi connectivity index (χ1n) is 7.22. The van der Waals surface area contributed by atoms with Gasteiger partial charge in [-0.05, 0) is 51.9 Å². The summed E-state index contributed by atoms with van der Waals surface area (Å²) in [7, 11) is 4.03. The van der Waals surface area contributed by atoms with Crippen LogP contribution in [0, 0.1) is 12.8 Å². The van der Waals surface area contributed by atoms with Crippen molar-refractivity contribution in [3.05, 3.63) is 21.9 Å². The molecule has 1 fully saturated rings. The molecule has 0 radical (unpaired) electrons. The van der Waals surface area contributed by atoms with Gasteiger partial charge in [0.05, 0.1) is 6.04 Å². The van der Waals surface area contributed by atoms with E-state index in [4.69, 9.17) is 0 Å². The number of likely N-dealkylation sites (tertiary alicyclic amines) is 1. The first-order valence-corrected chi connectivity index (χ1v) is 8.04. The second-order valence-corrected chi connectivity index (χ2v) is 7.24. The van der Waals surface area contributed by atoms with Crippen LogP contribution in [0.25, 0.3) is 0 Å². The zero-order valence-corrected chi connectivity index (χ0v) is 13.7. The summed E-state index contributed by atoms with van der Waals surface area (Å²) in [6.45, 7) is 7.21. The van der Waals surface area contributed by atoms with Crippen LogP contribution in [-0.4, -0.2) is 49.6 Å². The lowest BCUT2D eigenvalue weighted by Crippen LogP contribution is -2.41. The van der Waals surface area contributed by atoms with Gasteiger partial charge in [-0.25, -0.2) is 4.79 Å². The molecule has 20 heavy (non-hydrogen) atoms. The zero-order chi connectivity index (χ0) is 14.7. The highest BCUT2D eigenvalue weighted by Crippen LogP contribution is 2.22. The van der Waals surface area contributed by atoms with Crippen LogP contribution in [0.4, 0.5) is 4.79 Å². The third-order valence-corrected chi connectivity index (χ3v) is 5.08. The average Bonchev–Trinajstić information content (AvgIpc) is 2.98. The second kappa shape index (κ2) is 6.59. The molecule has 0 bridgehead atoms. The van der Waals surface area contributed by atoms with Gasteiger partial charge in [0, 0.05) is 29.9 Å². The maximum absolute atomic E-state index is 12.2. The molecule has 5 heteroatoms. The quantitative estimate of drug-likeness (QED) is 0.927. The van der Waals surface area contributed by atoms with E-state index in [1.54, 1.807) is 11.3 Å². The third kappa shape index (κ3) is 3.96. The normalized spacial score (nSPS) is 20.9. The van der Waals surface area contributed by atoms with E-state index in [0.717, 1.165) is 19.6 Å². The molecule has 0 unspecified atom stereocenters. The molecule has 1 saturated heterocycles. The Bertz CT molecular complexity index is 460. The average molecular weight is 295 g/mol. The van der Waals surface area contributed by atoms with Gasteiger partial charge in [0.1, 0.15) is 0 Å². The number of amides is 2. The molecule has 1 aromatic heterocycles. The number of carbonyl (C=O) groups is 1. The molecule has 0 spiro atoms. The van der Waals surface area contributed by atoms with Crippen molar-refractivity contribution in [1.29, 1.82) is 0 Å². The van der Waals surface area contributed by atoms with Crippen LogP contribution in [0.5, 0.6) is 0 Å². The van der Waals surface area contributed by atoms with Crippen LogP contribution in [0.15, 0.2) is 12.1 Å². The first kappa shape index (κ1) is 15.3. The number of urea groups is 1. The Balaban J connectivity index is 1.81. The summed E-state index contributed by atoms with van der Waals surface area (Å²) in [5.41, 5.74) is 0. The highest BCUT2D eigenvalue weighted by molar-refractivity contribution is 7.12. The van der Waals surface area contributed by atoms with Gasteiger partial charge < -0.3 is 15.1 Å². The summed E-state index contributed by atoms with van der Waals surface area (Å²) in [6.07, 6.45) is 1.19. The number of hydrogen-bond donors (Lipinski definition) is 1. The summed E-state index contributed by atoms with van der Waals surface area (Å²) >= 11 is 1.74. The topological polar surface area (TPSA) is 35.6 Å². The largest absolute Gasteiger partial charge is 0.331 e. The van der Waals surface area contributed by atoms with Gasteiger partial charge in [0.25, 0.3) is 0 Å². The highest BCUT2D eigenvalue weighted by atomic mass is 32.1. The Kier molecular flexibility index (Phi) is 5.05. The molecule has 1 aliphatic rings. The van der Waals surface area contributed by atoms with Crippen LogP contribution in [-0.2, 0) is 0 Å². The Labute approximate surface area is 125 Å². The van der Waals surface area contributed by atoms with Crippen molar-refractivity contribution < 1.29 is 4.79 Å². The molecule has 2 heterocycles. The number of hydrogen-bond acceptors (Lipinski definition) is 3. The summed E-state index contributed by atoms with van der Waals surface area (Å²) in [4.78, 5) is 18.8. The number of aryl methyl sites for hydroxylation is 1. The van der Waals surface area contributed by atoms with Gasteiger partial charge in [0.2, 0.25) is 0 Å². The van der Waals surface area contributed by atoms with E-state index in [9.17, 15) is 4.79 Å². The fourth-order valence-corrected chi connectivity index (χ4v) is 3.58. The first-order chi connectivity index (χ1) is 9.45. The van der Waals surface area contributed by atoms with Gasteiger partial charge in [-0.2, -0.15) is 0 Å². The van der Waals surface area contributed by atoms with E-state index in [1.165, 1.54) is 16.2 Å². The molecule has 1 aliphatic heterocycles. The maximum atomic E-state index is 12.2. The molecular weight excluding hydrogens is 270 g/mol. The molecule has 2 atom stereocenters. The van der Waals surface area contributed by atoms with E-state index in [-0.39, 0.29) is 12.1 Å². The SMILES string of the molecule is Cc1ccc([C@@H](C)NC(=O)N(C)C[C@H]2CCN(C)C2)s1. The van der Waals surface area contributed by atoms with Crippen molar-refractivity contribution in [2.75, 3.05) is 33.7 Å². The lowest BCUT2D eigenvalue weighted by molar-refractivity contribution is 0.197. The fourth-order valence-electron chi connectivity index (χ4n) is 2.70. The Hall–Kier alpha value is -1.07. The molecule has 4 nitrogen and oxygen atoms in total. The monoisotopic (exact) mass is 295 g/mol. The number of nitrogens with one attached hydrogen (secondary N) is 1. The molecule has 2 amide bonds. The number of thiophene rings is 1. The predicted molar refractivity (Wildman–Crippen MR) is 84.2 cm³/mol. The van der Waals surface area contributed by atoms with Crippen molar-refractivity contribution in [2.45, 2.75) is 26.3 Å². The van der Waals surface area contributed by atoms with E-state index < -0.39 is 0 Å². The number of rotatable bonds is 4. The predicted octanol–water partition coefficient (Wildman–Crippen LogP) is 2.71. The van der Waals surface area contributed by atoms with Gasteiger partial charge >= 0.3 is 6.03 Å². The summed E-state index contributed by atoms with van der Waals surface area (Å²) in [6, 6.07) is 4.30. The standard InChI is InChI=1S/C15H25N3OS/c1-11-5-6-14(20-11)12(2)16-15(19)18(4)10-13-7-8-17(3)9-13/h5-6,12-13H,7-10H2,1-4H3,(H,16,19)/t12-,13+/m1/s1. The van der Waals surface area contributed by atoms with Crippen molar-refractivity contribution in [3.63, 3.8) is 0 Å². The van der Waals surface area contributed by atoms with Crippen molar-refractivity contribution in [2.24, 2.45) is 5.92 Å². The van der Waals surface area contributed by atoms with Crippen molar-refractivity contribution in [1.82, 2.24) is 15.1 Å². The minimum atomic E-state index is 0.0260. The highest BCUT2D eigenvalue weighted by Gasteiger charge is 2.23. The molecule has 2 rings (SSSR count). The van der Waals surface area contributed by atoms with Crippen LogP contribution < -0.4 is 5.32 Å². The zero-order valence-electron chi connectivity index (χ0n) is 12.8. The van der Waals surface area contributed by atoms with Crippen LogP contribution in [0.2, 0.25) is 0 Å². The lowest BCUT2D eigenvalue weighted by atomic mass is 10.1. The van der Waals surface area contributed by atoms with Crippen LogP contribution >= 0.6 is 11.3 Å². The Morgan fingerprint density at radius 2 is 2.35 bits per heavy atom. The third-order valence-electron chi connectivity index (χ3n) is 3.90. The number of nitrogens with zero attached hydrogens (tertiary/aromatic N) is 2. The Morgan fingerprint density at radius 1 is 1.60 bits per heavy atom. The molecule has 1 N–H and O–H groups in total. The molecule has 0 aliphatic carbocycles.